The Labute approximate surface area is 126 Å². The summed E-state index contributed by atoms with van der Waals surface area (Å²) in [7, 11) is 0. The normalized spacial score (nSPS) is 18.0. The monoisotopic (exact) mass is 300 g/mol. The van der Waals surface area contributed by atoms with Crippen LogP contribution >= 0.6 is 0 Å². The summed E-state index contributed by atoms with van der Waals surface area (Å²) >= 11 is 0. The number of carboxylic acid groups (broad SMARTS) is 1. The SMILES string of the molecule is CC(C)COCCNC(=O)NC1(C(=O)O)CCCCCC1. The summed E-state index contributed by atoms with van der Waals surface area (Å²) in [4.78, 5) is 23.4. The third-order valence-corrected chi connectivity index (χ3v) is 3.70. The Morgan fingerprint density at radius 3 is 2.33 bits per heavy atom. The van der Waals surface area contributed by atoms with Gasteiger partial charge in [-0.25, -0.2) is 9.59 Å². The molecule has 1 aliphatic carbocycles. The Hall–Kier alpha value is -1.30. The molecule has 0 aromatic heterocycles. The van der Waals surface area contributed by atoms with Crippen molar-refractivity contribution in [2.24, 2.45) is 5.92 Å². The predicted octanol–water partition coefficient (Wildman–Crippen LogP) is 2.14. The molecule has 1 aliphatic rings. The van der Waals surface area contributed by atoms with Crippen LogP contribution in [0.25, 0.3) is 0 Å². The molecule has 6 heteroatoms. The van der Waals surface area contributed by atoms with Crippen molar-refractivity contribution < 1.29 is 19.4 Å². The van der Waals surface area contributed by atoms with Crippen molar-refractivity contribution in [3.8, 4) is 0 Å². The number of nitrogens with one attached hydrogen (secondary N) is 2. The van der Waals surface area contributed by atoms with Crippen molar-refractivity contribution in [1.82, 2.24) is 10.6 Å². The van der Waals surface area contributed by atoms with Gasteiger partial charge >= 0.3 is 12.0 Å². The highest BCUT2D eigenvalue weighted by Crippen LogP contribution is 2.27. The molecule has 0 saturated heterocycles. The third kappa shape index (κ3) is 6.33. The molecular weight excluding hydrogens is 272 g/mol. The van der Waals surface area contributed by atoms with E-state index in [4.69, 9.17) is 4.74 Å². The van der Waals surface area contributed by atoms with E-state index in [1.165, 1.54) is 0 Å². The highest BCUT2D eigenvalue weighted by Gasteiger charge is 2.39. The standard InChI is InChI=1S/C15H28N2O4/c1-12(2)11-21-10-9-16-14(20)17-15(13(18)19)7-5-3-4-6-8-15/h12H,3-11H2,1-2H3,(H,18,19)(H2,16,17,20). The zero-order valence-electron chi connectivity index (χ0n) is 13.1. The maximum absolute atomic E-state index is 11.9. The maximum Gasteiger partial charge on any atom is 0.329 e. The molecule has 1 fully saturated rings. The smallest absolute Gasteiger partial charge is 0.329 e. The second-order valence-corrected chi connectivity index (χ2v) is 6.15. The van der Waals surface area contributed by atoms with Crippen LogP contribution in [-0.4, -0.2) is 42.4 Å². The van der Waals surface area contributed by atoms with Crippen LogP contribution in [0.15, 0.2) is 0 Å². The number of hydrogen-bond donors (Lipinski definition) is 3. The van der Waals surface area contributed by atoms with Gasteiger partial charge in [-0.15, -0.1) is 0 Å². The van der Waals surface area contributed by atoms with Crippen molar-refractivity contribution in [3.05, 3.63) is 0 Å². The first-order valence-electron chi connectivity index (χ1n) is 7.83. The van der Waals surface area contributed by atoms with E-state index in [1.54, 1.807) is 0 Å². The Morgan fingerprint density at radius 2 is 1.81 bits per heavy atom. The van der Waals surface area contributed by atoms with E-state index in [9.17, 15) is 14.7 Å². The lowest BCUT2D eigenvalue weighted by molar-refractivity contribution is -0.145. The van der Waals surface area contributed by atoms with E-state index in [-0.39, 0.29) is 0 Å². The van der Waals surface area contributed by atoms with E-state index in [1.807, 2.05) is 0 Å². The summed E-state index contributed by atoms with van der Waals surface area (Å²) in [5.74, 6) is -0.476. The first-order chi connectivity index (χ1) is 9.96. The van der Waals surface area contributed by atoms with Gasteiger partial charge in [0.15, 0.2) is 0 Å². The Balaban J connectivity index is 2.37. The zero-order chi connectivity index (χ0) is 15.7. The largest absolute Gasteiger partial charge is 0.480 e. The van der Waals surface area contributed by atoms with E-state index in [0.717, 1.165) is 25.7 Å². The van der Waals surface area contributed by atoms with Crippen molar-refractivity contribution in [3.63, 3.8) is 0 Å². The summed E-state index contributed by atoms with van der Waals surface area (Å²) in [5.41, 5.74) is -1.11. The number of carbonyl (C=O) groups excluding carboxylic acids is 1. The van der Waals surface area contributed by atoms with Crippen LogP contribution in [0, 0.1) is 5.92 Å². The second kappa shape index (κ2) is 8.87. The van der Waals surface area contributed by atoms with Crippen LogP contribution in [0.1, 0.15) is 52.4 Å². The van der Waals surface area contributed by atoms with E-state index < -0.39 is 17.5 Å². The third-order valence-electron chi connectivity index (χ3n) is 3.70. The fraction of sp³-hybridized carbons (Fsp3) is 0.867. The van der Waals surface area contributed by atoms with E-state index in [0.29, 0.717) is 38.5 Å². The quantitative estimate of drug-likeness (QED) is 0.496. The number of aliphatic carboxylic acids is 1. The van der Waals surface area contributed by atoms with Crippen LogP contribution in [0.3, 0.4) is 0 Å². The van der Waals surface area contributed by atoms with Gasteiger partial charge < -0.3 is 20.5 Å². The number of hydrogen-bond acceptors (Lipinski definition) is 3. The molecule has 0 radical (unpaired) electrons. The van der Waals surface area contributed by atoms with Crippen molar-refractivity contribution in [2.75, 3.05) is 19.8 Å². The molecule has 122 valence electrons. The minimum atomic E-state index is -1.11. The second-order valence-electron chi connectivity index (χ2n) is 6.15. The molecule has 6 nitrogen and oxygen atoms in total. The molecule has 0 spiro atoms. The minimum Gasteiger partial charge on any atom is -0.480 e. The molecule has 0 atom stereocenters. The lowest BCUT2D eigenvalue weighted by atomic mass is 9.90. The number of ether oxygens (including phenoxy) is 1. The fourth-order valence-corrected chi connectivity index (χ4v) is 2.54. The number of urea groups is 1. The molecule has 0 aromatic rings. The summed E-state index contributed by atoms with van der Waals surface area (Å²) in [5, 5.41) is 14.8. The average molecular weight is 300 g/mol. The summed E-state index contributed by atoms with van der Waals surface area (Å²) < 4.78 is 5.37. The van der Waals surface area contributed by atoms with Gasteiger partial charge in [-0.2, -0.15) is 0 Å². The van der Waals surface area contributed by atoms with Crippen molar-refractivity contribution >= 4 is 12.0 Å². The van der Waals surface area contributed by atoms with Gasteiger partial charge in [0.05, 0.1) is 6.61 Å². The topological polar surface area (TPSA) is 87.7 Å². The molecular formula is C15H28N2O4. The number of amides is 2. The molecule has 0 bridgehead atoms. The molecule has 1 rings (SSSR count). The first kappa shape index (κ1) is 17.8. The molecule has 1 saturated carbocycles. The van der Waals surface area contributed by atoms with Gasteiger partial charge in [0.1, 0.15) is 5.54 Å². The van der Waals surface area contributed by atoms with Gasteiger partial charge in [-0.05, 0) is 18.8 Å². The van der Waals surface area contributed by atoms with Crippen LogP contribution in [0.4, 0.5) is 4.79 Å². The molecule has 0 heterocycles. The predicted molar refractivity (Wildman–Crippen MR) is 80.3 cm³/mol. The minimum absolute atomic E-state index is 0.383. The highest BCUT2D eigenvalue weighted by molar-refractivity contribution is 5.86. The van der Waals surface area contributed by atoms with Gasteiger partial charge in [-0.3, -0.25) is 0 Å². The highest BCUT2D eigenvalue weighted by atomic mass is 16.5. The Bertz CT molecular complexity index is 337. The van der Waals surface area contributed by atoms with E-state index in [2.05, 4.69) is 24.5 Å². The molecule has 0 aromatic carbocycles. The van der Waals surface area contributed by atoms with Crippen LogP contribution < -0.4 is 10.6 Å². The van der Waals surface area contributed by atoms with Crippen LogP contribution in [-0.2, 0) is 9.53 Å². The number of carbonyl (C=O) groups is 2. The Kier molecular flexibility index (Phi) is 7.50. The first-order valence-corrected chi connectivity index (χ1v) is 7.83. The van der Waals surface area contributed by atoms with Gasteiger partial charge in [0, 0.05) is 13.2 Å². The van der Waals surface area contributed by atoms with Gasteiger partial charge in [0.2, 0.25) is 0 Å². The number of carboxylic acids is 1. The lowest BCUT2D eigenvalue weighted by Gasteiger charge is -2.29. The maximum atomic E-state index is 11.9. The molecule has 0 unspecified atom stereocenters. The zero-order valence-corrected chi connectivity index (χ0v) is 13.1. The van der Waals surface area contributed by atoms with Crippen molar-refractivity contribution in [2.45, 2.75) is 57.9 Å². The van der Waals surface area contributed by atoms with Crippen molar-refractivity contribution in [1.29, 1.82) is 0 Å². The molecule has 21 heavy (non-hydrogen) atoms. The van der Waals surface area contributed by atoms with Crippen LogP contribution in [0.5, 0.6) is 0 Å². The fourth-order valence-electron chi connectivity index (χ4n) is 2.54. The number of rotatable bonds is 7. The van der Waals surface area contributed by atoms with Crippen LogP contribution in [0.2, 0.25) is 0 Å². The molecule has 3 N–H and O–H groups in total. The summed E-state index contributed by atoms with van der Waals surface area (Å²) in [6.45, 7) is 5.59. The lowest BCUT2D eigenvalue weighted by Crippen LogP contribution is -2.57. The summed E-state index contributed by atoms with van der Waals surface area (Å²) in [6.07, 6.45) is 4.73. The van der Waals surface area contributed by atoms with Gasteiger partial charge in [-0.1, -0.05) is 39.5 Å². The van der Waals surface area contributed by atoms with Gasteiger partial charge in [0.25, 0.3) is 0 Å². The Morgan fingerprint density at radius 1 is 1.19 bits per heavy atom. The summed E-state index contributed by atoms with van der Waals surface area (Å²) in [6, 6.07) is -0.424. The average Bonchev–Trinajstić information content (AvgIpc) is 2.64. The molecule has 2 amide bonds. The van der Waals surface area contributed by atoms with E-state index >= 15 is 0 Å². The molecule has 0 aliphatic heterocycles.